The highest BCUT2D eigenvalue weighted by atomic mass is 35.5. The summed E-state index contributed by atoms with van der Waals surface area (Å²) in [6, 6.07) is 8.57. The molecule has 1 amide bonds. The molecule has 156 valence electrons. The number of hydrogen-bond acceptors (Lipinski definition) is 5. The Morgan fingerprint density at radius 2 is 1.86 bits per heavy atom. The summed E-state index contributed by atoms with van der Waals surface area (Å²) < 4.78 is 16.1. The molecule has 29 heavy (non-hydrogen) atoms. The molecule has 0 aliphatic heterocycles. The van der Waals surface area contributed by atoms with Crippen LogP contribution in [0.15, 0.2) is 30.3 Å². The number of hydrogen-bond donors (Lipinski definition) is 1. The first-order valence-electron chi connectivity index (χ1n) is 9.25. The summed E-state index contributed by atoms with van der Waals surface area (Å²) in [4.78, 5) is 24.5. The van der Waals surface area contributed by atoms with Crippen molar-refractivity contribution in [3.05, 3.63) is 52.0 Å². The molecule has 2 aromatic rings. The van der Waals surface area contributed by atoms with Gasteiger partial charge in [0.25, 0.3) is 5.91 Å². The molecule has 0 atom stereocenters. The van der Waals surface area contributed by atoms with E-state index in [1.165, 1.54) is 19.2 Å². The summed E-state index contributed by atoms with van der Waals surface area (Å²) in [6.45, 7) is 7.92. The monoisotopic (exact) mass is 419 g/mol. The molecule has 0 saturated carbocycles. The minimum atomic E-state index is -0.684. The first kappa shape index (κ1) is 22.6. The fraction of sp³-hybridized carbons (Fsp3) is 0.364. The quantitative estimate of drug-likeness (QED) is 0.622. The Morgan fingerprint density at radius 3 is 2.48 bits per heavy atom. The number of rotatable bonds is 8. The van der Waals surface area contributed by atoms with Crippen molar-refractivity contribution >= 4 is 29.2 Å². The molecule has 2 rings (SSSR count). The molecule has 0 radical (unpaired) electrons. The van der Waals surface area contributed by atoms with Crippen LogP contribution >= 0.6 is 11.6 Å². The second kappa shape index (κ2) is 10.2. The minimum absolute atomic E-state index is 0.170. The zero-order valence-corrected chi connectivity index (χ0v) is 18.1. The van der Waals surface area contributed by atoms with Crippen LogP contribution in [0, 0.1) is 19.8 Å². The number of carbonyl (C=O) groups is 2. The van der Waals surface area contributed by atoms with Crippen molar-refractivity contribution in [2.24, 2.45) is 5.92 Å². The fourth-order valence-corrected chi connectivity index (χ4v) is 2.85. The molecule has 1 N–H and O–H groups in total. The maximum Gasteiger partial charge on any atom is 0.338 e. The maximum absolute atomic E-state index is 12.4. The first-order chi connectivity index (χ1) is 13.7. The predicted octanol–water partition coefficient (Wildman–Crippen LogP) is 4.80. The Balaban J connectivity index is 2.02. The van der Waals surface area contributed by atoms with E-state index in [1.54, 1.807) is 0 Å². The highest BCUT2D eigenvalue weighted by molar-refractivity contribution is 6.32. The lowest BCUT2D eigenvalue weighted by molar-refractivity contribution is -0.119. The van der Waals surface area contributed by atoms with E-state index in [-0.39, 0.29) is 10.6 Å². The van der Waals surface area contributed by atoms with Gasteiger partial charge in [-0.3, -0.25) is 4.79 Å². The summed E-state index contributed by atoms with van der Waals surface area (Å²) in [5, 5.41) is 2.96. The van der Waals surface area contributed by atoms with Gasteiger partial charge in [-0.25, -0.2) is 4.79 Å². The molecule has 0 bridgehead atoms. The number of nitrogens with one attached hydrogen (secondary N) is 1. The lowest BCUT2D eigenvalue weighted by Crippen LogP contribution is -2.21. The van der Waals surface area contributed by atoms with Gasteiger partial charge in [0.05, 0.1) is 24.3 Å². The van der Waals surface area contributed by atoms with Crippen molar-refractivity contribution in [1.82, 2.24) is 0 Å². The Bertz CT molecular complexity index is 895. The van der Waals surface area contributed by atoms with Crippen molar-refractivity contribution in [2.75, 3.05) is 25.6 Å². The Labute approximate surface area is 176 Å². The third-order valence-electron chi connectivity index (χ3n) is 4.02. The number of halogens is 1. The molecule has 0 heterocycles. The van der Waals surface area contributed by atoms with E-state index in [0.29, 0.717) is 29.7 Å². The predicted molar refractivity (Wildman–Crippen MR) is 113 cm³/mol. The molecule has 0 fully saturated rings. The van der Waals surface area contributed by atoms with Crippen LogP contribution in [0.3, 0.4) is 0 Å². The molecule has 0 spiro atoms. The highest BCUT2D eigenvalue weighted by Gasteiger charge is 2.18. The van der Waals surface area contributed by atoms with Crippen LogP contribution in [-0.4, -0.2) is 32.2 Å². The second-order valence-electron chi connectivity index (χ2n) is 7.14. The zero-order valence-electron chi connectivity index (χ0n) is 17.3. The molecule has 0 aliphatic carbocycles. The Hall–Kier alpha value is -2.73. The summed E-state index contributed by atoms with van der Waals surface area (Å²) in [5.74, 6) is -0.121. The van der Waals surface area contributed by atoms with Gasteiger partial charge in [-0.15, -0.1) is 0 Å². The standard InChI is InChI=1S/C22H26ClNO5/c1-13(2)11-28-21-17(23)9-16(10-19(21)27-5)22(26)29-12-20(25)24-18-7-6-14(3)8-15(18)4/h6-10,13H,11-12H2,1-5H3,(H,24,25). The summed E-state index contributed by atoms with van der Waals surface area (Å²) >= 11 is 6.25. The molecular formula is C22H26ClNO5. The van der Waals surface area contributed by atoms with Gasteiger partial charge < -0.3 is 19.5 Å². The average molecular weight is 420 g/mol. The van der Waals surface area contributed by atoms with Crippen molar-refractivity contribution < 1.29 is 23.8 Å². The van der Waals surface area contributed by atoms with E-state index in [1.807, 2.05) is 45.9 Å². The Kier molecular flexibility index (Phi) is 7.91. The lowest BCUT2D eigenvalue weighted by atomic mass is 10.1. The number of amides is 1. The zero-order chi connectivity index (χ0) is 21.6. The summed E-state index contributed by atoms with van der Waals surface area (Å²) in [6.07, 6.45) is 0. The van der Waals surface area contributed by atoms with E-state index in [0.717, 1.165) is 11.1 Å². The number of anilines is 1. The third-order valence-corrected chi connectivity index (χ3v) is 4.30. The number of methoxy groups -OCH3 is 1. The number of esters is 1. The van der Waals surface area contributed by atoms with E-state index >= 15 is 0 Å². The van der Waals surface area contributed by atoms with Crippen LogP contribution in [0.25, 0.3) is 0 Å². The minimum Gasteiger partial charge on any atom is -0.493 e. The normalized spacial score (nSPS) is 10.6. The van der Waals surface area contributed by atoms with Crippen LogP contribution in [0.2, 0.25) is 5.02 Å². The first-order valence-corrected chi connectivity index (χ1v) is 9.63. The highest BCUT2D eigenvalue weighted by Crippen LogP contribution is 2.37. The van der Waals surface area contributed by atoms with E-state index < -0.39 is 18.5 Å². The van der Waals surface area contributed by atoms with Gasteiger partial charge in [0.2, 0.25) is 0 Å². The molecule has 0 unspecified atom stereocenters. The lowest BCUT2D eigenvalue weighted by Gasteiger charge is -2.15. The van der Waals surface area contributed by atoms with Crippen molar-refractivity contribution in [2.45, 2.75) is 27.7 Å². The van der Waals surface area contributed by atoms with Crippen molar-refractivity contribution in [1.29, 1.82) is 0 Å². The number of aryl methyl sites for hydroxylation is 2. The molecule has 6 nitrogen and oxygen atoms in total. The van der Waals surface area contributed by atoms with Crippen LogP contribution in [0.4, 0.5) is 5.69 Å². The van der Waals surface area contributed by atoms with Gasteiger partial charge in [-0.1, -0.05) is 43.1 Å². The SMILES string of the molecule is COc1cc(C(=O)OCC(=O)Nc2ccc(C)cc2C)cc(Cl)c1OCC(C)C. The fourth-order valence-electron chi connectivity index (χ4n) is 2.58. The third kappa shape index (κ3) is 6.39. The van der Waals surface area contributed by atoms with Gasteiger partial charge in [0, 0.05) is 5.69 Å². The Morgan fingerprint density at radius 1 is 1.14 bits per heavy atom. The molecular weight excluding hydrogens is 394 g/mol. The van der Waals surface area contributed by atoms with Gasteiger partial charge >= 0.3 is 5.97 Å². The van der Waals surface area contributed by atoms with Crippen molar-refractivity contribution in [3.63, 3.8) is 0 Å². The topological polar surface area (TPSA) is 73.9 Å². The van der Waals surface area contributed by atoms with Gasteiger partial charge in [-0.05, 0) is 43.5 Å². The number of benzene rings is 2. The molecule has 0 aliphatic rings. The van der Waals surface area contributed by atoms with E-state index in [2.05, 4.69) is 5.32 Å². The maximum atomic E-state index is 12.4. The molecule has 0 saturated heterocycles. The molecule has 7 heteroatoms. The summed E-state index contributed by atoms with van der Waals surface area (Å²) in [5.41, 5.74) is 2.87. The van der Waals surface area contributed by atoms with Crippen LogP contribution in [0.1, 0.15) is 35.3 Å². The van der Waals surface area contributed by atoms with Crippen LogP contribution in [0.5, 0.6) is 11.5 Å². The van der Waals surface area contributed by atoms with Gasteiger partial charge in [0.1, 0.15) is 0 Å². The number of carbonyl (C=O) groups excluding carboxylic acids is 2. The number of ether oxygens (including phenoxy) is 3. The van der Waals surface area contributed by atoms with E-state index in [4.69, 9.17) is 25.8 Å². The van der Waals surface area contributed by atoms with Crippen LogP contribution < -0.4 is 14.8 Å². The van der Waals surface area contributed by atoms with E-state index in [9.17, 15) is 9.59 Å². The molecule has 2 aromatic carbocycles. The average Bonchev–Trinajstić information content (AvgIpc) is 2.66. The summed E-state index contributed by atoms with van der Waals surface area (Å²) in [7, 11) is 1.46. The largest absolute Gasteiger partial charge is 0.493 e. The van der Waals surface area contributed by atoms with Crippen molar-refractivity contribution in [3.8, 4) is 11.5 Å². The van der Waals surface area contributed by atoms with Gasteiger partial charge in [0.15, 0.2) is 18.1 Å². The molecule has 0 aromatic heterocycles. The van der Waals surface area contributed by atoms with Gasteiger partial charge in [-0.2, -0.15) is 0 Å². The smallest absolute Gasteiger partial charge is 0.338 e. The van der Waals surface area contributed by atoms with Crippen LogP contribution in [-0.2, 0) is 9.53 Å². The second-order valence-corrected chi connectivity index (χ2v) is 7.54.